The largest absolute Gasteiger partial charge is 0.394 e. The third-order valence-electron chi connectivity index (χ3n) is 2.53. The van der Waals surface area contributed by atoms with E-state index in [1.54, 1.807) is 6.07 Å². The predicted octanol–water partition coefficient (Wildman–Crippen LogP) is 1.55. The highest BCUT2D eigenvalue weighted by Gasteiger charge is 2.14. The maximum Gasteiger partial charge on any atom is 0.137 e. The Kier molecular flexibility index (Phi) is 5.91. The highest BCUT2D eigenvalue weighted by Crippen LogP contribution is 2.30. The SMILES string of the molecule is CNC(C)c1cccc(F)c1SCC(O)CO. The molecule has 1 aromatic carbocycles. The first-order valence-corrected chi connectivity index (χ1v) is 6.46. The second-order valence-electron chi connectivity index (χ2n) is 3.82. The van der Waals surface area contributed by atoms with E-state index in [9.17, 15) is 9.50 Å². The van der Waals surface area contributed by atoms with Gasteiger partial charge in [0.15, 0.2) is 0 Å². The van der Waals surface area contributed by atoms with Crippen molar-refractivity contribution in [2.45, 2.75) is 24.0 Å². The van der Waals surface area contributed by atoms with Crippen molar-refractivity contribution >= 4 is 11.8 Å². The van der Waals surface area contributed by atoms with Crippen molar-refractivity contribution in [3.63, 3.8) is 0 Å². The van der Waals surface area contributed by atoms with Crippen molar-refractivity contribution in [1.82, 2.24) is 5.32 Å². The van der Waals surface area contributed by atoms with Crippen LogP contribution in [0.4, 0.5) is 4.39 Å². The molecule has 3 nitrogen and oxygen atoms in total. The molecule has 0 heterocycles. The number of aliphatic hydroxyl groups is 2. The summed E-state index contributed by atoms with van der Waals surface area (Å²) in [6.45, 7) is 1.64. The summed E-state index contributed by atoms with van der Waals surface area (Å²) >= 11 is 1.23. The number of rotatable bonds is 6. The predicted molar refractivity (Wildman–Crippen MR) is 67.7 cm³/mol. The summed E-state index contributed by atoms with van der Waals surface area (Å²) in [4.78, 5) is 0.529. The van der Waals surface area contributed by atoms with Crippen molar-refractivity contribution in [2.24, 2.45) is 0 Å². The molecule has 0 spiro atoms. The van der Waals surface area contributed by atoms with Crippen LogP contribution < -0.4 is 5.32 Å². The molecule has 0 saturated heterocycles. The number of benzene rings is 1. The fourth-order valence-electron chi connectivity index (χ4n) is 1.41. The summed E-state index contributed by atoms with van der Waals surface area (Å²) < 4.78 is 13.7. The van der Waals surface area contributed by atoms with Gasteiger partial charge in [-0.1, -0.05) is 12.1 Å². The molecule has 1 rings (SSSR count). The molecular formula is C12H18FNO2S. The number of nitrogens with one attached hydrogen (secondary N) is 1. The molecule has 0 saturated carbocycles. The van der Waals surface area contributed by atoms with E-state index in [2.05, 4.69) is 5.32 Å². The summed E-state index contributed by atoms with van der Waals surface area (Å²) in [6, 6.07) is 4.97. The molecule has 0 radical (unpaired) electrons. The molecule has 2 atom stereocenters. The van der Waals surface area contributed by atoms with Crippen molar-refractivity contribution in [3.05, 3.63) is 29.6 Å². The molecule has 2 unspecified atom stereocenters. The Hall–Kier alpha value is -0.620. The fourth-order valence-corrected chi connectivity index (χ4v) is 2.49. The zero-order valence-electron chi connectivity index (χ0n) is 9.98. The number of halogens is 1. The van der Waals surface area contributed by atoms with Gasteiger partial charge >= 0.3 is 0 Å². The number of aliphatic hydroxyl groups excluding tert-OH is 2. The van der Waals surface area contributed by atoms with E-state index in [4.69, 9.17) is 5.11 Å². The van der Waals surface area contributed by atoms with Gasteiger partial charge < -0.3 is 15.5 Å². The van der Waals surface area contributed by atoms with E-state index >= 15 is 0 Å². The highest BCUT2D eigenvalue weighted by molar-refractivity contribution is 7.99. The highest BCUT2D eigenvalue weighted by atomic mass is 32.2. The molecule has 0 aromatic heterocycles. The van der Waals surface area contributed by atoms with Crippen LogP contribution in [0.25, 0.3) is 0 Å². The fraction of sp³-hybridized carbons (Fsp3) is 0.500. The molecule has 0 amide bonds. The van der Waals surface area contributed by atoms with Crippen LogP contribution in [0.5, 0.6) is 0 Å². The van der Waals surface area contributed by atoms with Crippen LogP contribution in [-0.4, -0.2) is 35.7 Å². The minimum absolute atomic E-state index is 0.0412. The Labute approximate surface area is 105 Å². The Morgan fingerprint density at radius 1 is 1.47 bits per heavy atom. The maximum atomic E-state index is 13.7. The number of thioether (sulfide) groups is 1. The van der Waals surface area contributed by atoms with Gasteiger partial charge in [0.05, 0.1) is 12.7 Å². The molecule has 0 fully saturated rings. The average molecular weight is 259 g/mol. The van der Waals surface area contributed by atoms with Gasteiger partial charge in [0.2, 0.25) is 0 Å². The van der Waals surface area contributed by atoms with E-state index in [1.165, 1.54) is 17.8 Å². The van der Waals surface area contributed by atoms with Crippen LogP contribution in [0.1, 0.15) is 18.5 Å². The quantitative estimate of drug-likeness (QED) is 0.679. The molecule has 0 aliphatic rings. The van der Waals surface area contributed by atoms with Gasteiger partial charge in [-0.3, -0.25) is 0 Å². The molecule has 3 N–H and O–H groups in total. The summed E-state index contributed by atoms with van der Waals surface area (Å²) in [5.41, 5.74) is 0.864. The molecule has 5 heteroatoms. The first-order valence-electron chi connectivity index (χ1n) is 5.47. The lowest BCUT2D eigenvalue weighted by atomic mass is 10.1. The van der Waals surface area contributed by atoms with E-state index < -0.39 is 6.10 Å². The molecular weight excluding hydrogens is 241 g/mol. The standard InChI is InChI=1S/C12H18FNO2S/c1-8(14-2)10-4-3-5-11(13)12(10)17-7-9(16)6-15/h3-5,8-9,14-16H,6-7H2,1-2H3. The summed E-state index contributed by atoms with van der Waals surface area (Å²) in [5.74, 6) is -0.0133. The van der Waals surface area contributed by atoms with Crippen LogP contribution in [0, 0.1) is 5.82 Å². The number of hydrogen-bond acceptors (Lipinski definition) is 4. The smallest absolute Gasteiger partial charge is 0.137 e. The Balaban J connectivity index is 2.88. The number of hydrogen-bond donors (Lipinski definition) is 3. The minimum atomic E-state index is -0.822. The van der Waals surface area contributed by atoms with Crippen molar-refractivity contribution < 1.29 is 14.6 Å². The minimum Gasteiger partial charge on any atom is -0.394 e. The maximum absolute atomic E-state index is 13.7. The van der Waals surface area contributed by atoms with Gasteiger partial charge in [-0.25, -0.2) is 4.39 Å². The van der Waals surface area contributed by atoms with E-state index in [1.807, 2.05) is 20.0 Å². The topological polar surface area (TPSA) is 52.5 Å². The summed E-state index contributed by atoms with van der Waals surface area (Å²) in [6.07, 6.45) is -0.822. The van der Waals surface area contributed by atoms with Crippen molar-refractivity contribution in [3.8, 4) is 0 Å². The summed E-state index contributed by atoms with van der Waals surface area (Å²) in [5, 5.41) is 21.1. The monoisotopic (exact) mass is 259 g/mol. The third-order valence-corrected chi connectivity index (χ3v) is 3.80. The second kappa shape index (κ2) is 6.96. The molecule has 17 heavy (non-hydrogen) atoms. The molecule has 1 aromatic rings. The van der Waals surface area contributed by atoms with Gasteiger partial charge in [0.1, 0.15) is 5.82 Å². The van der Waals surface area contributed by atoms with Crippen molar-refractivity contribution in [1.29, 1.82) is 0 Å². The first-order chi connectivity index (χ1) is 8.10. The van der Waals surface area contributed by atoms with Crippen LogP contribution in [0.2, 0.25) is 0 Å². The van der Waals surface area contributed by atoms with Crippen LogP contribution >= 0.6 is 11.8 Å². The first kappa shape index (κ1) is 14.4. The van der Waals surface area contributed by atoms with Gasteiger partial charge in [-0.2, -0.15) is 0 Å². The zero-order chi connectivity index (χ0) is 12.8. The summed E-state index contributed by atoms with van der Waals surface area (Å²) in [7, 11) is 1.81. The Morgan fingerprint density at radius 3 is 2.76 bits per heavy atom. The van der Waals surface area contributed by atoms with Gasteiger partial charge in [0, 0.05) is 16.7 Å². The van der Waals surface area contributed by atoms with Crippen LogP contribution in [0.3, 0.4) is 0 Å². The van der Waals surface area contributed by atoms with Gasteiger partial charge in [-0.05, 0) is 25.6 Å². The second-order valence-corrected chi connectivity index (χ2v) is 4.85. The van der Waals surface area contributed by atoms with Crippen LogP contribution in [-0.2, 0) is 0 Å². The normalized spacial score (nSPS) is 14.6. The lowest BCUT2D eigenvalue weighted by Gasteiger charge is -2.16. The van der Waals surface area contributed by atoms with Crippen LogP contribution in [0.15, 0.2) is 23.1 Å². The molecule has 0 bridgehead atoms. The third kappa shape index (κ3) is 3.96. The van der Waals surface area contributed by atoms with E-state index in [0.717, 1.165) is 5.56 Å². The lowest BCUT2D eigenvalue weighted by Crippen LogP contribution is -2.16. The Morgan fingerprint density at radius 2 is 2.18 bits per heavy atom. The zero-order valence-corrected chi connectivity index (χ0v) is 10.8. The van der Waals surface area contributed by atoms with E-state index in [-0.39, 0.29) is 24.2 Å². The molecule has 96 valence electrons. The van der Waals surface area contributed by atoms with E-state index in [0.29, 0.717) is 4.90 Å². The van der Waals surface area contributed by atoms with Gasteiger partial charge in [-0.15, -0.1) is 11.8 Å². The molecule has 0 aliphatic heterocycles. The van der Waals surface area contributed by atoms with Crippen molar-refractivity contribution in [2.75, 3.05) is 19.4 Å². The van der Waals surface area contributed by atoms with Gasteiger partial charge in [0.25, 0.3) is 0 Å². The Bertz CT molecular complexity index is 362. The molecule has 0 aliphatic carbocycles. The lowest BCUT2D eigenvalue weighted by molar-refractivity contribution is 0.113. The average Bonchev–Trinajstić information content (AvgIpc) is 2.35.